The number of amides is 1. The largest absolute Gasteiger partial charge is 0.480 e. The highest BCUT2D eigenvalue weighted by atomic mass is 16.4. The van der Waals surface area contributed by atoms with Gasteiger partial charge in [-0.25, -0.2) is 0 Å². The zero-order valence-corrected chi connectivity index (χ0v) is 13.0. The van der Waals surface area contributed by atoms with E-state index >= 15 is 0 Å². The number of hydrogen-bond donors (Lipinski definition) is 3. The normalized spacial score (nSPS) is 16.5. The third-order valence-electron chi connectivity index (χ3n) is 3.50. The number of carbonyl (C=O) groups excluding carboxylic acids is 1. The molecule has 2 atom stereocenters. The minimum Gasteiger partial charge on any atom is -0.480 e. The van der Waals surface area contributed by atoms with Gasteiger partial charge in [-0.3, -0.25) is 14.9 Å². The van der Waals surface area contributed by atoms with Gasteiger partial charge in [-0.15, -0.1) is 0 Å². The predicted molar refractivity (Wildman–Crippen MR) is 76.1 cm³/mol. The molecule has 0 bridgehead atoms. The van der Waals surface area contributed by atoms with Crippen molar-refractivity contribution in [2.45, 2.75) is 77.9 Å². The zero-order valence-electron chi connectivity index (χ0n) is 13.0. The molecule has 112 valence electrons. The van der Waals surface area contributed by atoms with Gasteiger partial charge in [-0.05, 0) is 40.5 Å². The highest BCUT2D eigenvalue weighted by Crippen LogP contribution is 2.14. The molecular weight excluding hydrogens is 244 g/mol. The van der Waals surface area contributed by atoms with Gasteiger partial charge in [0.25, 0.3) is 0 Å². The smallest absolute Gasteiger partial charge is 0.323 e. The molecule has 0 rings (SSSR count). The van der Waals surface area contributed by atoms with Crippen molar-refractivity contribution in [3.8, 4) is 0 Å². The van der Waals surface area contributed by atoms with Gasteiger partial charge in [-0.1, -0.05) is 20.3 Å². The summed E-state index contributed by atoms with van der Waals surface area (Å²) in [6, 6.07) is -0.543. The van der Waals surface area contributed by atoms with E-state index in [-0.39, 0.29) is 11.4 Å². The summed E-state index contributed by atoms with van der Waals surface area (Å²) in [5.74, 6) is -1.10. The van der Waals surface area contributed by atoms with Crippen LogP contribution in [0.4, 0.5) is 0 Å². The van der Waals surface area contributed by atoms with E-state index in [1.165, 1.54) is 0 Å². The Morgan fingerprint density at radius 2 is 1.74 bits per heavy atom. The Hall–Kier alpha value is -1.10. The minimum absolute atomic E-state index is 0.171. The fourth-order valence-electron chi connectivity index (χ4n) is 1.81. The Labute approximate surface area is 116 Å². The molecule has 0 heterocycles. The van der Waals surface area contributed by atoms with Gasteiger partial charge < -0.3 is 10.4 Å². The molecule has 0 aromatic rings. The number of rotatable bonds is 8. The van der Waals surface area contributed by atoms with Crippen LogP contribution in [0.2, 0.25) is 0 Å². The molecule has 1 amide bonds. The summed E-state index contributed by atoms with van der Waals surface area (Å²) in [5, 5.41) is 15.1. The van der Waals surface area contributed by atoms with E-state index < -0.39 is 17.6 Å². The summed E-state index contributed by atoms with van der Waals surface area (Å²) >= 11 is 0. The number of hydrogen-bond acceptors (Lipinski definition) is 3. The molecule has 0 spiro atoms. The number of nitrogens with one attached hydrogen (secondary N) is 2. The topological polar surface area (TPSA) is 78.4 Å². The summed E-state index contributed by atoms with van der Waals surface area (Å²) < 4.78 is 0. The fraction of sp³-hybridized carbons (Fsp3) is 0.857. The second-order valence-corrected chi connectivity index (χ2v) is 5.98. The molecule has 0 saturated heterocycles. The van der Waals surface area contributed by atoms with Crippen LogP contribution in [0.15, 0.2) is 0 Å². The van der Waals surface area contributed by atoms with Gasteiger partial charge in [-0.2, -0.15) is 0 Å². The average Bonchev–Trinajstić information content (AvgIpc) is 2.28. The second kappa shape index (κ2) is 6.89. The Morgan fingerprint density at radius 3 is 2.11 bits per heavy atom. The molecule has 0 aromatic carbocycles. The van der Waals surface area contributed by atoms with Crippen LogP contribution in [0.5, 0.6) is 0 Å². The maximum absolute atomic E-state index is 12.1. The van der Waals surface area contributed by atoms with Gasteiger partial charge in [0, 0.05) is 5.54 Å². The molecule has 0 aliphatic rings. The molecule has 19 heavy (non-hydrogen) atoms. The van der Waals surface area contributed by atoms with Crippen molar-refractivity contribution in [1.29, 1.82) is 0 Å². The summed E-state index contributed by atoms with van der Waals surface area (Å²) in [7, 11) is 0. The molecule has 0 radical (unpaired) electrons. The summed E-state index contributed by atoms with van der Waals surface area (Å²) in [4.78, 5) is 23.4. The van der Waals surface area contributed by atoms with Crippen molar-refractivity contribution < 1.29 is 14.7 Å². The van der Waals surface area contributed by atoms with Crippen molar-refractivity contribution in [1.82, 2.24) is 10.6 Å². The SMILES string of the molecule is CCCC(C)(NC(C)C(=O)NC(C)(C)CC)C(=O)O. The first kappa shape index (κ1) is 17.9. The first-order valence-electron chi connectivity index (χ1n) is 6.91. The molecule has 5 heteroatoms. The molecule has 0 fully saturated rings. The van der Waals surface area contributed by atoms with Crippen LogP contribution < -0.4 is 10.6 Å². The van der Waals surface area contributed by atoms with Crippen LogP contribution >= 0.6 is 0 Å². The molecule has 0 aliphatic heterocycles. The van der Waals surface area contributed by atoms with Crippen LogP contribution in [0, 0.1) is 0 Å². The standard InChI is InChI=1S/C14H28N2O3/c1-7-9-14(6,12(18)19)15-10(3)11(17)16-13(4,5)8-2/h10,15H,7-9H2,1-6H3,(H,16,17)(H,18,19). The number of aliphatic carboxylic acids is 1. The lowest BCUT2D eigenvalue weighted by Crippen LogP contribution is -2.59. The molecule has 5 nitrogen and oxygen atoms in total. The third-order valence-corrected chi connectivity index (χ3v) is 3.50. The quantitative estimate of drug-likeness (QED) is 0.630. The van der Waals surface area contributed by atoms with E-state index in [9.17, 15) is 14.7 Å². The maximum Gasteiger partial charge on any atom is 0.323 e. The van der Waals surface area contributed by atoms with E-state index in [4.69, 9.17) is 0 Å². The van der Waals surface area contributed by atoms with Gasteiger partial charge in [0.15, 0.2) is 0 Å². The van der Waals surface area contributed by atoms with Crippen molar-refractivity contribution in [3.05, 3.63) is 0 Å². The predicted octanol–water partition coefficient (Wildman–Crippen LogP) is 1.91. The third kappa shape index (κ3) is 5.59. The Bertz CT molecular complexity index is 329. The maximum atomic E-state index is 12.1. The van der Waals surface area contributed by atoms with Gasteiger partial charge in [0.1, 0.15) is 5.54 Å². The van der Waals surface area contributed by atoms with E-state index in [1.807, 2.05) is 27.7 Å². The lowest BCUT2D eigenvalue weighted by Gasteiger charge is -2.32. The monoisotopic (exact) mass is 272 g/mol. The highest BCUT2D eigenvalue weighted by Gasteiger charge is 2.35. The number of carboxylic acid groups (broad SMARTS) is 1. The molecule has 3 N–H and O–H groups in total. The van der Waals surface area contributed by atoms with Gasteiger partial charge in [0.2, 0.25) is 5.91 Å². The van der Waals surface area contributed by atoms with Crippen LogP contribution in [0.25, 0.3) is 0 Å². The van der Waals surface area contributed by atoms with E-state index in [1.54, 1.807) is 13.8 Å². The molecule has 0 aliphatic carbocycles. The van der Waals surface area contributed by atoms with E-state index in [0.717, 1.165) is 12.8 Å². The van der Waals surface area contributed by atoms with E-state index in [2.05, 4.69) is 10.6 Å². The Morgan fingerprint density at radius 1 is 1.21 bits per heavy atom. The molecule has 2 unspecified atom stereocenters. The average molecular weight is 272 g/mol. The van der Waals surface area contributed by atoms with Crippen LogP contribution in [-0.4, -0.2) is 34.1 Å². The minimum atomic E-state index is -1.07. The lowest BCUT2D eigenvalue weighted by molar-refractivity contribution is -0.145. The summed E-state index contributed by atoms with van der Waals surface area (Å²) in [6.45, 7) is 11.1. The Kier molecular flexibility index (Phi) is 6.49. The number of carbonyl (C=O) groups is 2. The first-order valence-corrected chi connectivity index (χ1v) is 6.91. The zero-order chi connectivity index (χ0) is 15.3. The Balaban J connectivity index is 4.70. The van der Waals surface area contributed by atoms with Crippen LogP contribution in [0.3, 0.4) is 0 Å². The van der Waals surface area contributed by atoms with E-state index in [0.29, 0.717) is 6.42 Å². The van der Waals surface area contributed by atoms with Crippen molar-refractivity contribution in [2.24, 2.45) is 0 Å². The lowest BCUT2D eigenvalue weighted by atomic mass is 9.94. The summed E-state index contributed by atoms with van der Waals surface area (Å²) in [6.07, 6.45) is 2.04. The summed E-state index contributed by atoms with van der Waals surface area (Å²) in [5.41, 5.74) is -1.35. The van der Waals surface area contributed by atoms with Crippen molar-refractivity contribution >= 4 is 11.9 Å². The first-order chi connectivity index (χ1) is 8.58. The van der Waals surface area contributed by atoms with Crippen molar-refractivity contribution in [2.75, 3.05) is 0 Å². The number of carboxylic acids is 1. The highest BCUT2D eigenvalue weighted by molar-refractivity contribution is 5.84. The van der Waals surface area contributed by atoms with Crippen LogP contribution in [-0.2, 0) is 9.59 Å². The molecule has 0 saturated carbocycles. The van der Waals surface area contributed by atoms with Crippen molar-refractivity contribution in [3.63, 3.8) is 0 Å². The van der Waals surface area contributed by atoms with Gasteiger partial charge >= 0.3 is 5.97 Å². The molecule has 0 aromatic heterocycles. The van der Waals surface area contributed by atoms with Crippen LogP contribution in [0.1, 0.15) is 60.8 Å². The fourth-order valence-corrected chi connectivity index (χ4v) is 1.81. The second-order valence-electron chi connectivity index (χ2n) is 5.98. The van der Waals surface area contributed by atoms with Gasteiger partial charge in [0.05, 0.1) is 6.04 Å². The molecular formula is C14H28N2O3.